The van der Waals surface area contributed by atoms with Gasteiger partial charge in [0.25, 0.3) is 5.91 Å². The maximum absolute atomic E-state index is 14.5. The molecular weight excluding hydrogens is 408 g/mol. The third-order valence-corrected chi connectivity index (χ3v) is 4.73. The summed E-state index contributed by atoms with van der Waals surface area (Å²) >= 11 is 12.1. The molecule has 1 unspecified atom stereocenters. The number of halogens is 3. The van der Waals surface area contributed by atoms with Gasteiger partial charge in [0.1, 0.15) is 11.2 Å². The Kier molecular flexibility index (Phi) is 7.54. The van der Waals surface area contributed by atoms with Crippen molar-refractivity contribution in [3.8, 4) is 0 Å². The van der Waals surface area contributed by atoms with Gasteiger partial charge in [-0.05, 0) is 30.7 Å². The third kappa shape index (κ3) is 4.88. The lowest BCUT2D eigenvalue weighted by atomic mass is 10.1. The van der Waals surface area contributed by atoms with Gasteiger partial charge in [-0.15, -0.1) is 11.6 Å². The van der Waals surface area contributed by atoms with E-state index in [1.165, 1.54) is 25.2 Å². The van der Waals surface area contributed by atoms with Gasteiger partial charge < -0.3 is 9.64 Å². The topological polar surface area (TPSA) is 63.7 Å². The van der Waals surface area contributed by atoms with Gasteiger partial charge >= 0.3 is 5.97 Å². The Balaban J connectivity index is 2.35. The number of aldehydes is 1. The Labute approximate surface area is 172 Å². The zero-order chi connectivity index (χ0) is 20.8. The van der Waals surface area contributed by atoms with E-state index in [1.54, 1.807) is 19.1 Å². The van der Waals surface area contributed by atoms with Crippen molar-refractivity contribution < 1.29 is 23.5 Å². The third-order valence-electron chi connectivity index (χ3n) is 4.04. The van der Waals surface area contributed by atoms with E-state index in [-0.39, 0.29) is 34.9 Å². The van der Waals surface area contributed by atoms with E-state index in [9.17, 15) is 18.8 Å². The molecule has 0 heterocycles. The quantitative estimate of drug-likeness (QED) is 0.377. The number of amides is 1. The normalized spacial score (nSPS) is 11.6. The van der Waals surface area contributed by atoms with Crippen LogP contribution < -0.4 is 4.90 Å². The van der Waals surface area contributed by atoms with Gasteiger partial charge in [-0.2, -0.15) is 0 Å². The number of nitrogens with zero attached hydrogens (tertiary/aromatic N) is 1. The summed E-state index contributed by atoms with van der Waals surface area (Å²) in [7, 11) is 1.38. The number of carbonyl (C=O) groups excluding carboxylic acids is 3. The maximum Gasteiger partial charge on any atom is 0.324 e. The number of hydrogen-bond donors (Lipinski definition) is 0. The lowest BCUT2D eigenvalue weighted by Crippen LogP contribution is -2.28. The van der Waals surface area contributed by atoms with E-state index < -0.39 is 23.1 Å². The highest BCUT2D eigenvalue weighted by molar-refractivity contribution is 6.32. The Hall–Kier alpha value is -2.44. The number of hydrogen-bond acceptors (Lipinski definition) is 4. The standard InChI is InChI=1S/C20H18Cl2FNO4/c1-3-28-20(27)16(22)8-13-9-18(17(23)10-15(13)21)24(2)19(26)14-7-5-4-6-12(14)11-25/h4-7,9-11,16H,3,8H2,1-2H3. The minimum atomic E-state index is -1.01. The predicted octanol–water partition coefficient (Wildman–Crippen LogP) is 4.28. The Bertz CT molecular complexity index is 904. The summed E-state index contributed by atoms with van der Waals surface area (Å²) < 4.78 is 19.3. The van der Waals surface area contributed by atoms with Crippen LogP contribution in [-0.4, -0.2) is 37.2 Å². The molecule has 2 aromatic carbocycles. The average Bonchev–Trinajstić information content (AvgIpc) is 2.68. The largest absolute Gasteiger partial charge is 0.465 e. The number of alkyl halides is 1. The first-order valence-corrected chi connectivity index (χ1v) is 9.22. The van der Waals surface area contributed by atoms with Crippen LogP contribution in [0, 0.1) is 5.82 Å². The highest BCUT2D eigenvalue weighted by Crippen LogP contribution is 2.29. The lowest BCUT2D eigenvalue weighted by Gasteiger charge is -2.21. The molecule has 0 fully saturated rings. The predicted molar refractivity (Wildman–Crippen MR) is 106 cm³/mol. The fourth-order valence-corrected chi connectivity index (χ4v) is 3.04. The summed E-state index contributed by atoms with van der Waals surface area (Å²) in [6.07, 6.45) is 0.557. The molecule has 148 valence electrons. The molecule has 5 nitrogen and oxygen atoms in total. The van der Waals surface area contributed by atoms with Gasteiger partial charge in [0, 0.05) is 24.1 Å². The van der Waals surface area contributed by atoms with Crippen molar-refractivity contribution in [3.63, 3.8) is 0 Å². The molecule has 8 heteroatoms. The average molecular weight is 426 g/mol. The van der Waals surface area contributed by atoms with Crippen molar-refractivity contribution >= 4 is 47.1 Å². The molecule has 0 aliphatic heterocycles. The summed E-state index contributed by atoms with van der Waals surface area (Å²) in [5, 5.41) is -0.933. The second-order valence-electron chi connectivity index (χ2n) is 5.89. The van der Waals surface area contributed by atoms with E-state index in [1.807, 2.05) is 0 Å². The molecule has 0 aromatic heterocycles. The van der Waals surface area contributed by atoms with Crippen LogP contribution in [0.25, 0.3) is 0 Å². The van der Waals surface area contributed by atoms with E-state index in [0.29, 0.717) is 11.8 Å². The summed E-state index contributed by atoms with van der Waals surface area (Å²) in [5.74, 6) is -1.91. The van der Waals surface area contributed by atoms with Crippen LogP contribution in [0.1, 0.15) is 33.2 Å². The van der Waals surface area contributed by atoms with Crippen molar-refractivity contribution in [3.05, 3.63) is 63.9 Å². The van der Waals surface area contributed by atoms with Crippen molar-refractivity contribution in [1.82, 2.24) is 0 Å². The molecule has 1 atom stereocenters. The van der Waals surface area contributed by atoms with Crippen molar-refractivity contribution in [2.45, 2.75) is 18.7 Å². The Morgan fingerprint density at radius 2 is 1.96 bits per heavy atom. The molecule has 2 aromatic rings. The summed E-state index contributed by atoms with van der Waals surface area (Å²) in [6, 6.07) is 8.61. The first-order valence-electron chi connectivity index (χ1n) is 8.41. The Morgan fingerprint density at radius 1 is 1.29 bits per heavy atom. The molecule has 2 rings (SSSR count). The van der Waals surface area contributed by atoms with Crippen LogP contribution in [0.5, 0.6) is 0 Å². The van der Waals surface area contributed by atoms with Gasteiger partial charge in [-0.1, -0.05) is 29.8 Å². The number of esters is 1. The van der Waals surface area contributed by atoms with Crippen molar-refractivity contribution in [2.24, 2.45) is 0 Å². The lowest BCUT2D eigenvalue weighted by molar-refractivity contribution is -0.142. The van der Waals surface area contributed by atoms with E-state index in [2.05, 4.69) is 0 Å². The van der Waals surface area contributed by atoms with Gasteiger partial charge in [0.05, 0.1) is 17.9 Å². The number of benzene rings is 2. The molecule has 28 heavy (non-hydrogen) atoms. The smallest absolute Gasteiger partial charge is 0.324 e. The molecular formula is C20H18Cl2FNO4. The highest BCUT2D eigenvalue weighted by atomic mass is 35.5. The highest BCUT2D eigenvalue weighted by Gasteiger charge is 2.23. The number of ether oxygens (including phenoxy) is 1. The van der Waals surface area contributed by atoms with Crippen LogP contribution in [-0.2, 0) is 16.0 Å². The number of carbonyl (C=O) groups is 3. The molecule has 0 saturated heterocycles. The molecule has 0 aliphatic rings. The Morgan fingerprint density at radius 3 is 2.61 bits per heavy atom. The second kappa shape index (κ2) is 9.66. The maximum atomic E-state index is 14.5. The van der Waals surface area contributed by atoms with Gasteiger partial charge in [-0.25, -0.2) is 4.39 Å². The molecule has 0 radical (unpaired) electrons. The number of rotatable bonds is 7. The van der Waals surface area contributed by atoms with Gasteiger partial charge in [0.2, 0.25) is 0 Å². The van der Waals surface area contributed by atoms with Crippen LogP contribution in [0.15, 0.2) is 36.4 Å². The summed E-state index contributed by atoms with van der Waals surface area (Å²) in [5.41, 5.74) is 0.655. The molecule has 0 spiro atoms. The second-order valence-corrected chi connectivity index (χ2v) is 6.82. The van der Waals surface area contributed by atoms with E-state index >= 15 is 0 Å². The fraction of sp³-hybridized carbons (Fsp3) is 0.250. The minimum Gasteiger partial charge on any atom is -0.465 e. The van der Waals surface area contributed by atoms with Crippen LogP contribution in [0.2, 0.25) is 5.02 Å². The monoisotopic (exact) mass is 425 g/mol. The van der Waals surface area contributed by atoms with E-state index in [4.69, 9.17) is 27.9 Å². The molecule has 0 N–H and O–H groups in total. The SMILES string of the molecule is CCOC(=O)C(Cl)Cc1cc(N(C)C(=O)c2ccccc2C=O)c(F)cc1Cl. The first-order chi connectivity index (χ1) is 13.3. The molecule has 1 amide bonds. The van der Waals surface area contributed by atoms with E-state index in [0.717, 1.165) is 11.0 Å². The summed E-state index contributed by atoms with van der Waals surface area (Å²) in [4.78, 5) is 36.7. The van der Waals surface area contributed by atoms with Crippen LogP contribution in [0.3, 0.4) is 0 Å². The molecule has 0 aliphatic carbocycles. The minimum absolute atomic E-state index is 0.000538. The molecule has 0 bridgehead atoms. The van der Waals surface area contributed by atoms with Crippen LogP contribution >= 0.6 is 23.2 Å². The zero-order valence-electron chi connectivity index (χ0n) is 15.2. The van der Waals surface area contributed by atoms with Gasteiger partial charge in [0.15, 0.2) is 6.29 Å². The van der Waals surface area contributed by atoms with Crippen LogP contribution in [0.4, 0.5) is 10.1 Å². The number of anilines is 1. The van der Waals surface area contributed by atoms with Crippen molar-refractivity contribution in [2.75, 3.05) is 18.6 Å². The van der Waals surface area contributed by atoms with Crippen molar-refractivity contribution in [1.29, 1.82) is 0 Å². The first kappa shape index (κ1) is 21.9. The molecule has 0 saturated carbocycles. The van der Waals surface area contributed by atoms with Gasteiger partial charge in [-0.3, -0.25) is 14.4 Å². The summed E-state index contributed by atoms with van der Waals surface area (Å²) in [6.45, 7) is 1.83. The fourth-order valence-electron chi connectivity index (χ4n) is 2.59. The zero-order valence-corrected chi connectivity index (χ0v) is 16.8.